The molecule has 0 fully saturated rings. The molecule has 0 aromatic heterocycles. The van der Waals surface area contributed by atoms with Crippen molar-refractivity contribution in [2.24, 2.45) is 0 Å². The Labute approximate surface area is 190 Å². The summed E-state index contributed by atoms with van der Waals surface area (Å²) >= 11 is 0. The van der Waals surface area contributed by atoms with Crippen molar-refractivity contribution in [3.63, 3.8) is 0 Å². The Balaban J connectivity index is 1.55. The van der Waals surface area contributed by atoms with Gasteiger partial charge in [-0.05, 0) is 54.8 Å². The lowest BCUT2D eigenvalue weighted by atomic mass is 9.97. The van der Waals surface area contributed by atoms with Gasteiger partial charge in [-0.15, -0.1) is 0 Å². The van der Waals surface area contributed by atoms with Crippen molar-refractivity contribution in [2.75, 3.05) is 12.1 Å². The molecule has 2 heterocycles. The first-order valence-corrected chi connectivity index (χ1v) is 10.5. The number of rotatable bonds is 5. The molecule has 0 radical (unpaired) electrons. The molecule has 3 aromatic carbocycles. The van der Waals surface area contributed by atoms with E-state index in [1.54, 1.807) is 30.3 Å². The van der Waals surface area contributed by atoms with Crippen molar-refractivity contribution < 1.29 is 23.5 Å². The van der Waals surface area contributed by atoms with Crippen molar-refractivity contribution in [2.45, 2.75) is 20.4 Å². The molecule has 0 spiro atoms. The Morgan fingerprint density at radius 3 is 2.42 bits per heavy atom. The Morgan fingerprint density at radius 1 is 0.909 bits per heavy atom. The van der Waals surface area contributed by atoms with E-state index >= 15 is 0 Å². The molecule has 0 unspecified atom stereocenters. The van der Waals surface area contributed by atoms with Crippen molar-refractivity contribution in [3.8, 4) is 11.5 Å². The summed E-state index contributed by atoms with van der Waals surface area (Å²) < 4.78 is 24.1. The molecule has 5 rings (SSSR count). The van der Waals surface area contributed by atoms with Crippen LogP contribution in [0.2, 0.25) is 0 Å². The van der Waals surface area contributed by atoms with Crippen molar-refractivity contribution in [3.05, 3.63) is 94.4 Å². The van der Waals surface area contributed by atoms with Gasteiger partial charge in [0.2, 0.25) is 6.79 Å². The largest absolute Gasteiger partial charge is 0.454 e. The fourth-order valence-electron chi connectivity index (χ4n) is 4.07. The van der Waals surface area contributed by atoms with Gasteiger partial charge in [0, 0.05) is 11.8 Å². The zero-order valence-corrected chi connectivity index (χ0v) is 18.1. The number of ether oxygens (including phenoxy) is 2. The van der Waals surface area contributed by atoms with Gasteiger partial charge in [0.15, 0.2) is 11.5 Å². The molecule has 33 heavy (non-hydrogen) atoms. The summed E-state index contributed by atoms with van der Waals surface area (Å²) in [5, 5.41) is 3.14. The molecule has 2 aliphatic rings. The van der Waals surface area contributed by atoms with Gasteiger partial charge in [0.25, 0.3) is 11.8 Å². The zero-order chi connectivity index (χ0) is 23.1. The van der Waals surface area contributed by atoms with Gasteiger partial charge in [-0.25, -0.2) is 4.39 Å². The predicted molar refractivity (Wildman–Crippen MR) is 121 cm³/mol. The van der Waals surface area contributed by atoms with E-state index in [1.165, 1.54) is 17.0 Å². The van der Waals surface area contributed by atoms with E-state index in [2.05, 4.69) is 5.32 Å². The minimum absolute atomic E-state index is 0.0404. The monoisotopic (exact) mass is 444 g/mol. The number of benzene rings is 3. The number of halogens is 1. The highest BCUT2D eigenvalue weighted by Crippen LogP contribution is 2.37. The highest BCUT2D eigenvalue weighted by molar-refractivity contribution is 6.36. The fraction of sp³-hybridized carbons (Fsp3) is 0.154. The quantitative estimate of drug-likeness (QED) is 0.585. The van der Waals surface area contributed by atoms with Gasteiger partial charge < -0.3 is 14.8 Å². The SMILES string of the molecule is Cc1ccc(C2=C(Nc3ccc4c(c3)OCO4)C(=O)N(Cc3ccc(F)cc3)C2=O)c(C)c1. The van der Waals surface area contributed by atoms with Crippen LogP contribution in [0.25, 0.3) is 5.57 Å². The first-order chi connectivity index (χ1) is 15.9. The average Bonchev–Trinajstić information content (AvgIpc) is 3.34. The van der Waals surface area contributed by atoms with Crippen LogP contribution in [0.4, 0.5) is 10.1 Å². The van der Waals surface area contributed by atoms with Gasteiger partial charge in [0.1, 0.15) is 11.5 Å². The summed E-state index contributed by atoms with van der Waals surface area (Å²) in [4.78, 5) is 28.1. The maximum Gasteiger partial charge on any atom is 0.278 e. The average molecular weight is 444 g/mol. The molecule has 0 aliphatic carbocycles. The minimum atomic E-state index is -0.447. The van der Waals surface area contributed by atoms with E-state index in [0.717, 1.165) is 11.1 Å². The summed E-state index contributed by atoms with van der Waals surface area (Å²) in [6.45, 7) is 4.06. The predicted octanol–water partition coefficient (Wildman–Crippen LogP) is 4.56. The zero-order valence-electron chi connectivity index (χ0n) is 18.1. The molecule has 0 bridgehead atoms. The lowest BCUT2D eigenvalue weighted by Gasteiger charge is -2.15. The molecule has 166 valence electrons. The Morgan fingerprint density at radius 2 is 1.67 bits per heavy atom. The van der Waals surface area contributed by atoms with E-state index in [9.17, 15) is 14.0 Å². The fourth-order valence-corrected chi connectivity index (χ4v) is 4.07. The third kappa shape index (κ3) is 3.82. The summed E-state index contributed by atoms with van der Waals surface area (Å²) in [6.07, 6.45) is 0. The van der Waals surface area contributed by atoms with Crippen LogP contribution in [-0.2, 0) is 16.1 Å². The van der Waals surface area contributed by atoms with E-state index in [1.807, 2.05) is 32.0 Å². The number of carbonyl (C=O) groups excluding carboxylic acids is 2. The van der Waals surface area contributed by atoms with Gasteiger partial charge in [-0.2, -0.15) is 0 Å². The molecular weight excluding hydrogens is 423 g/mol. The first kappa shape index (κ1) is 20.8. The van der Waals surface area contributed by atoms with Gasteiger partial charge >= 0.3 is 0 Å². The Bertz CT molecular complexity index is 1310. The number of imide groups is 1. The molecular formula is C26H21FN2O4. The van der Waals surface area contributed by atoms with Crippen molar-refractivity contribution >= 4 is 23.1 Å². The maximum absolute atomic E-state index is 13.5. The number of carbonyl (C=O) groups is 2. The second-order valence-corrected chi connectivity index (χ2v) is 8.08. The van der Waals surface area contributed by atoms with Crippen LogP contribution in [0, 0.1) is 19.7 Å². The van der Waals surface area contributed by atoms with E-state index in [0.29, 0.717) is 33.9 Å². The summed E-state index contributed by atoms with van der Waals surface area (Å²) in [5.74, 6) is -0.0435. The lowest BCUT2D eigenvalue weighted by Crippen LogP contribution is -2.32. The molecule has 1 N–H and O–H groups in total. The van der Waals surface area contributed by atoms with Gasteiger partial charge in [-0.1, -0.05) is 35.9 Å². The second kappa shape index (κ2) is 8.09. The van der Waals surface area contributed by atoms with E-state index in [-0.39, 0.29) is 24.9 Å². The number of hydrogen-bond donors (Lipinski definition) is 1. The number of anilines is 1. The number of amides is 2. The number of fused-ring (bicyclic) bond motifs is 1. The summed E-state index contributed by atoms with van der Waals surface area (Å²) in [6, 6.07) is 16.7. The third-order valence-corrected chi connectivity index (χ3v) is 5.72. The van der Waals surface area contributed by atoms with Gasteiger partial charge in [-0.3, -0.25) is 14.5 Å². The first-order valence-electron chi connectivity index (χ1n) is 10.5. The van der Waals surface area contributed by atoms with Crippen LogP contribution in [0.15, 0.2) is 66.4 Å². The summed E-state index contributed by atoms with van der Waals surface area (Å²) in [5.41, 5.74) is 4.37. The van der Waals surface area contributed by atoms with Crippen LogP contribution in [0.5, 0.6) is 11.5 Å². The molecule has 7 heteroatoms. The highest BCUT2D eigenvalue weighted by Gasteiger charge is 2.39. The molecule has 0 atom stereocenters. The molecule has 0 saturated heterocycles. The molecule has 2 aliphatic heterocycles. The van der Waals surface area contributed by atoms with Crippen molar-refractivity contribution in [1.29, 1.82) is 0 Å². The Kier molecular flexibility index (Phi) is 5.09. The van der Waals surface area contributed by atoms with E-state index in [4.69, 9.17) is 9.47 Å². The standard InChI is InChI=1S/C26H21FN2O4/c1-15-3-9-20(16(2)11-15)23-24(28-19-8-10-21-22(12-19)33-14-32-21)26(31)29(25(23)30)13-17-4-6-18(27)7-5-17/h3-12,28H,13-14H2,1-2H3. The molecule has 6 nitrogen and oxygen atoms in total. The molecule has 0 saturated carbocycles. The van der Waals surface area contributed by atoms with E-state index < -0.39 is 11.8 Å². The van der Waals surface area contributed by atoms with Crippen LogP contribution in [0.1, 0.15) is 22.3 Å². The van der Waals surface area contributed by atoms with Crippen LogP contribution < -0.4 is 14.8 Å². The smallest absolute Gasteiger partial charge is 0.278 e. The van der Waals surface area contributed by atoms with Crippen molar-refractivity contribution in [1.82, 2.24) is 4.90 Å². The summed E-state index contributed by atoms with van der Waals surface area (Å²) in [7, 11) is 0. The minimum Gasteiger partial charge on any atom is -0.454 e. The van der Waals surface area contributed by atoms with Crippen LogP contribution >= 0.6 is 0 Å². The van der Waals surface area contributed by atoms with Crippen LogP contribution in [-0.4, -0.2) is 23.5 Å². The molecule has 2 amide bonds. The molecule has 3 aromatic rings. The maximum atomic E-state index is 13.5. The highest BCUT2D eigenvalue weighted by atomic mass is 19.1. The second-order valence-electron chi connectivity index (χ2n) is 8.08. The Hall–Kier alpha value is -4.13. The number of aryl methyl sites for hydroxylation is 2. The van der Waals surface area contributed by atoms with Crippen LogP contribution in [0.3, 0.4) is 0 Å². The topological polar surface area (TPSA) is 67.9 Å². The lowest BCUT2D eigenvalue weighted by molar-refractivity contribution is -0.137. The third-order valence-electron chi connectivity index (χ3n) is 5.72. The number of nitrogens with one attached hydrogen (secondary N) is 1. The number of hydrogen-bond acceptors (Lipinski definition) is 5. The van der Waals surface area contributed by atoms with Gasteiger partial charge in [0.05, 0.1) is 12.1 Å². The number of nitrogens with zero attached hydrogens (tertiary/aromatic N) is 1. The normalized spacial score (nSPS) is 14.9.